The highest BCUT2D eigenvalue weighted by Gasteiger charge is 2.49. The second-order valence-corrected chi connectivity index (χ2v) is 6.24. The Labute approximate surface area is 115 Å². The van der Waals surface area contributed by atoms with E-state index < -0.39 is 11.5 Å². The first kappa shape index (κ1) is 14.4. The third-order valence-electron chi connectivity index (χ3n) is 5.10. The molecule has 1 saturated heterocycles. The van der Waals surface area contributed by atoms with Gasteiger partial charge in [-0.05, 0) is 50.9 Å². The molecule has 0 spiro atoms. The summed E-state index contributed by atoms with van der Waals surface area (Å²) in [5.74, 6) is 0.0243. The molecule has 2 rings (SSSR count). The number of aliphatic carboxylic acids is 1. The monoisotopic (exact) mass is 267 g/mol. The minimum Gasteiger partial charge on any atom is -0.479 e. The van der Waals surface area contributed by atoms with Gasteiger partial charge in [0.25, 0.3) is 0 Å². The van der Waals surface area contributed by atoms with E-state index >= 15 is 0 Å². The number of carboxylic acids is 1. The average molecular weight is 267 g/mol. The Morgan fingerprint density at radius 3 is 2.42 bits per heavy atom. The van der Waals surface area contributed by atoms with E-state index in [1.165, 1.54) is 0 Å². The zero-order valence-corrected chi connectivity index (χ0v) is 12.0. The van der Waals surface area contributed by atoms with Crippen LogP contribution in [0.3, 0.4) is 0 Å². The number of nitrogens with zero attached hydrogens (tertiary/aromatic N) is 1. The highest BCUT2D eigenvalue weighted by Crippen LogP contribution is 2.37. The lowest BCUT2D eigenvalue weighted by Gasteiger charge is -2.37. The van der Waals surface area contributed by atoms with Crippen molar-refractivity contribution in [2.75, 3.05) is 6.54 Å². The molecule has 4 nitrogen and oxygen atoms in total. The first-order valence-electron chi connectivity index (χ1n) is 7.56. The summed E-state index contributed by atoms with van der Waals surface area (Å²) in [5.41, 5.74) is -0.930. The third kappa shape index (κ3) is 2.49. The number of hydrogen-bond acceptors (Lipinski definition) is 2. The SMILES string of the molecule is CCC1(C(=O)O)CCCN1C(=O)C1CCC(C)CC1. The van der Waals surface area contributed by atoms with Crippen LogP contribution in [0.5, 0.6) is 0 Å². The minimum atomic E-state index is -0.930. The maximum atomic E-state index is 12.6. The summed E-state index contributed by atoms with van der Waals surface area (Å²) in [6.07, 6.45) is 5.97. The van der Waals surface area contributed by atoms with Gasteiger partial charge in [0, 0.05) is 12.5 Å². The number of carboxylic acid groups (broad SMARTS) is 1. The molecule has 1 aliphatic heterocycles. The smallest absolute Gasteiger partial charge is 0.329 e. The van der Waals surface area contributed by atoms with E-state index in [9.17, 15) is 14.7 Å². The molecule has 1 amide bonds. The molecular formula is C15H25NO3. The van der Waals surface area contributed by atoms with Crippen LogP contribution in [-0.4, -0.2) is 34.0 Å². The Balaban J connectivity index is 2.11. The fraction of sp³-hybridized carbons (Fsp3) is 0.867. The van der Waals surface area contributed by atoms with Gasteiger partial charge in [0.1, 0.15) is 5.54 Å². The molecule has 4 heteroatoms. The van der Waals surface area contributed by atoms with Crippen LogP contribution >= 0.6 is 0 Å². The number of carbonyl (C=O) groups is 2. The number of hydrogen-bond donors (Lipinski definition) is 1. The van der Waals surface area contributed by atoms with E-state index in [0.29, 0.717) is 25.3 Å². The molecular weight excluding hydrogens is 242 g/mol. The summed E-state index contributed by atoms with van der Waals surface area (Å²) in [4.78, 5) is 25.9. The molecule has 1 heterocycles. The highest BCUT2D eigenvalue weighted by molar-refractivity contribution is 5.88. The Morgan fingerprint density at radius 2 is 1.89 bits per heavy atom. The molecule has 0 aromatic rings. The molecule has 1 unspecified atom stereocenters. The maximum Gasteiger partial charge on any atom is 0.329 e. The van der Waals surface area contributed by atoms with Gasteiger partial charge >= 0.3 is 5.97 Å². The largest absolute Gasteiger partial charge is 0.479 e. The Kier molecular flexibility index (Phi) is 4.16. The van der Waals surface area contributed by atoms with Crippen molar-refractivity contribution in [3.63, 3.8) is 0 Å². The molecule has 19 heavy (non-hydrogen) atoms. The Morgan fingerprint density at radius 1 is 1.26 bits per heavy atom. The maximum absolute atomic E-state index is 12.6. The molecule has 0 radical (unpaired) electrons. The van der Waals surface area contributed by atoms with Crippen molar-refractivity contribution in [2.45, 2.75) is 64.3 Å². The lowest BCUT2D eigenvalue weighted by atomic mass is 9.81. The highest BCUT2D eigenvalue weighted by atomic mass is 16.4. The van der Waals surface area contributed by atoms with E-state index in [-0.39, 0.29) is 11.8 Å². The van der Waals surface area contributed by atoms with Crippen molar-refractivity contribution in [2.24, 2.45) is 11.8 Å². The van der Waals surface area contributed by atoms with Crippen molar-refractivity contribution in [3.8, 4) is 0 Å². The van der Waals surface area contributed by atoms with Gasteiger partial charge in [-0.2, -0.15) is 0 Å². The van der Waals surface area contributed by atoms with Gasteiger partial charge in [0.2, 0.25) is 5.91 Å². The van der Waals surface area contributed by atoms with Crippen LogP contribution in [0.1, 0.15) is 58.8 Å². The molecule has 1 atom stereocenters. The van der Waals surface area contributed by atoms with Crippen LogP contribution in [0.4, 0.5) is 0 Å². The molecule has 1 N–H and O–H groups in total. The number of likely N-dealkylation sites (tertiary alicyclic amines) is 1. The fourth-order valence-corrected chi connectivity index (χ4v) is 3.67. The van der Waals surface area contributed by atoms with E-state index in [1.54, 1.807) is 4.90 Å². The van der Waals surface area contributed by atoms with E-state index in [4.69, 9.17) is 0 Å². The van der Waals surface area contributed by atoms with Crippen LogP contribution in [0.25, 0.3) is 0 Å². The van der Waals surface area contributed by atoms with Gasteiger partial charge in [-0.25, -0.2) is 4.79 Å². The summed E-state index contributed by atoms with van der Waals surface area (Å²) >= 11 is 0. The average Bonchev–Trinajstić information content (AvgIpc) is 2.83. The standard InChI is InChI=1S/C15H25NO3/c1-3-15(14(18)19)9-4-10-16(15)13(17)12-7-5-11(2)6-8-12/h11-12H,3-10H2,1-2H3,(H,18,19). The molecule has 1 saturated carbocycles. The normalized spacial score (nSPS) is 35.4. The minimum absolute atomic E-state index is 0.0552. The van der Waals surface area contributed by atoms with Gasteiger partial charge in [-0.15, -0.1) is 0 Å². The molecule has 1 aliphatic carbocycles. The topological polar surface area (TPSA) is 57.6 Å². The summed E-state index contributed by atoms with van der Waals surface area (Å²) in [5, 5.41) is 9.53. The van der Waals surface area contributed by atoms with E-state index in [0.717, 1.165) is 32.1 Å². The molecule has 2 aliphatic rings. The summed E-state index contributed by atoms with van der Waals surface area (Å²) in [7, 11) is 0. The molecule has 108 valence electrons. The molecule has 0 bridgehead atoms. The molecule has 0 aromatic carbocycles. The summed E-state index contributed by atoms with van der Waals surface area (Å²) < 4.78 is 0. The zero-order chi connectivity index (χ0) is 14.0. The van der Waals surface area contributed by atoms with Crippen LogP contribution in [0.15, 0.2) is 0 Å². The lowest BCUT2D eigenvalue weighted by molar-refractivity contribution is -0.159. The van der Waals surface area contributed by atoms with Crippen molar-refractivity contribution < 1.29 is 14.7 Å². The van der Waals surface area contributed by atoms with Crippen LogP contribution < -0.4 is 0 Å². The van der Waals surface area contributed by atoms with E-state index in [2.05, 4.69) is 6.92 Å². The zero-order valence-electron chi connectivity index (χ0n) is 12.0. The first-order valence-corrected chi connectivity index (χ1v) is 7.56. The van der Waals surface area contributed by atoms with Crippen LogP contribution in [0, 0.1) is 11.8 Å². The first-order chi connectivity index (χ1) is 9.01. The summed E-state index contributed by atoms with van der Waals surface area (Å²) in [6, 6.07) is 0. The van der Waals surface area contributed by atoms with Crippen molar-refractivity contribution in [3.05, 3.63) is 0 Å². The third-order valence-corrected chi connectivity index (χ3v) is 5.10. The number of rotatable bonds is 3. The Hall–Kier alpha value is -1.06. The van der Waals surface area contributed by atoms with Crippen molar-refractivity contribution in [1.82, 2.24) is 4.90 Å². The van der Waals surface area contributed by atoms with Gasteiger partial charge in [-0.1, -0.05) is 13.8 Å². The second kappa shape index (κ2) is 5.51. The van der Waals surface area contributed by atoms with Gasteiger partial charge in [0.15, 0.2) is 0 Å². The Bertz CT molecular complexity index is 360. The lowest BCUT2D eigenvalue weighted by Crippen LogP contribution is -2.54. The fourth-order valence-electron chi connectivity index (χ4n) is 3.67. The van der Waals surface area contributed by atoms with Gasteiger partial charge < -0.3 is 10.0 Å². The van der Waals surface area contributed by atoms with Gasteiger partial charge in [0.05, 0.1) is 0 Å². The van der Waals surface area contributed by atoms with Crippen LogP contribution in [0.2, 0.25) is 0 Å². The predicted octanol–water partition coefficient (Wildman–Crippen LogP) is 2.67. The van der Waals surface area contributed by atoms with Crippen molar-refractivity contribution in [1.29, 1.82) is 0 Å². The predicted molar refractivity (Wildman–Crippen MR) is 72.7 cm³/mol. The second-order valence-electron chi connectivity index (χ2n) is 6.24. The van der Waals surface area contributed by atoms with E-state index in [1.807, 2.05) is 6.92 Å². The molecule has 2 fully saturated rings. The quantitative estimate of drug-likeness (QED) is 0.855. The van der Waals surface area contributed by atoms with Gasteiger partial charge in [-0.3, -0.25) is 4.79 Å². The number of amides is 1. The summed E-state index contributed by atoms with van der Waals surface area (Å²) in [6.45, 7) is 4.72. The van der Waals surface area contributed by atoms with Crippen molar-refractivity contribution >= 4 is 11.9 Å². The van der Waals surface area contributed by atoms with Crippen LogP contribution in [-0.2, 0) is 9.59 Å². The molecule has 0 aromatic heterocycles. The number of carbonyl (C=O) groups excluding carboxylic acids is 1.